The van der Waals surface area contributed by atoms with E-state index in [1.165, 1.54) is 0 Å². The number of hydrogen-bond acceptors (Lipinski definition) is 5. The van der Waals surface area contributed by atoms with E-state index >= 15 is 0 Å². The van der Waals surface area contributed by atoms with E-state index in [1.54, 1.807) is 30.3 Å². The van der Waals surface area contributed by atoms with Crippen LogP contribution in [0.2, 0.25) is 0 Å². The van der Waals surface area contributed by atoms with Crippen molar-refractivity contribution in [2.75, 3.05) is 6.54 Å². The molecule has 0 aliphatic carbocycles. The van der Waals surface area contributed by atoms with E-state index in [1.807, 2.05) is 0 Å². The smallest absolute Gasteiger partial charge is 0.341 e. The zero-order valence-corrected chi connectivity index (χ0v) is 10.5. The fourth-order valence-electron chi connectivity index (χ4n) is 1.64. The third kappa shape index (κ3) is 3.19. The van der Waals surface area contributed by atoms with Crippen LogP contribution in [0.3, 0.4) is 0 Å². The second kappa shape index (κ2) is 5.96. The van der Waals surface area contributed by atoms with Crippen molar-refractivity contribution < 1.29 is 24.0 Å². The molecule has 1 fully saturated rings. The van der Waals surface area contributed by atoms with Gasteiger partial charge in [0.25, 0.3) is 17.7 Å². The van der Waals surface area contributed by atoms with Crippen LogP contribution in [-0.4, -0.2) is 35.3 Å². The van der Waals surface area contributed by atoms with Crippen molar-refractivity contribution >= 4 is 23.7 Å². The summed E-state index contributed by atoms with van der Waals surface area (Å²) >= 11 is 0. The molecule has 20 heavy (non-hydrogen) atoms. The minimum atomic E-state index is -0.877. The molecule has 1 aromatic rings. The van der Waals surface area contributed by atoms with Crippen molar-refractivity contribution in [2.45, 2.75) is 12.8 Å². The number of imide groups is 1. The molecule has 7 nitrogen and oxygen atoms in total. The third-order valence-electron chi connectivity index (χ3n) is 2.63. The average molecular weight is 276 g/mol. The second-order valence-corrected chi connectivity index (χ2v) is 4.09. The molecule has 1 aliphatic rings. The fraction of sp³-hybridized carbons (Fsp3) is 0.231. The monoisotopic (exact) mass is 276 g/mol. The molecule has 0 spiro atoms. The fourth-order valence-corrected chi connectivity index (χ4v) is 1.64. The highest BCUT2D eigenvalue weighted by atomic mass is 16.7. The predicted octanol–water partition coefficient (Wildman–Crippen LogP) is 0.0236. The first kappa shape index (κ1) is 13.7. The Bertz CT molecular complexity index is 539. The molecule has 0 bridgehead atoms. The highest BCUT2D eigenvalue weighted by molar-refractivity contribution is 6.02. The predicted molar refractivity (Wildman–Crippen MR) is 66.0 cm³/mol. The van der Waals surface area contributed by atoms with Gasteiger partial charge in [0.05, 0.1) is 0 Å². The lowest BCUT2D eigenvalue weighted by molar-refractivity contribution is -0.196. The number of hydrogen-bond donors (Lipinski definition) is 1. The highest BCUT2D eigenvalue weighted by Crippen LogP contribution is 2.11. The molecule has 2 rings (SSSR count). The van der Waals surface area contributed by atoms with Gasteiger partial charge in [0.15, 0.2) is 0 Å². The van der Waals surface area contributed by atoms with Crippen molar-refractivity contribution in [3.05, 3.63) is 35.9 Å². The number of benzene rings is 1. The van der Waals surface area contributed by atoms with Gasteiger partial charge in [-0.3, -0.25) is 14.4 Å². The molecule has 0 aromatic heterocycles. The van der Waals surface area contributed by atoms with E-state index in [4.69, 9.17) is 0 Å². The Morgan fingerprint density at radius 1 is 1.10 bits per heavy atom. The van der Waals surface area contributed by atoms with Crippen LogP contribution in [0.5, 0.6) is 0 Å². The average Bonchev–Trinajstić information content (AvgIpc) is 2.77. The Morgan fingerprint density at radius 2 is 1.70 bits per heavy atom. The Balaban J connectivity index is 1.82. The van der Waals surface area contributed by atoms with E-state index in [0.29, 0.717) is 10.6 Å². The molecule has 1 heterocycles. The van der Waals surface area contributed by atoms with Crippen LogP contribution in [0.25, 0.3) is 0 Å². The standard InChI is InChI=1S/C13H12N2O5/c16-10-6-7-11(17)15(10)20-12(18)8-14-13(19)9-4-2-1-3-5-9/h1-5H,6-8H2,(H,14,19). The van der Waals surface area contributed by atoms with Crippen molar-refractivity contribution in [1.29, 1.82) is 0 Å². The van der Waals surface area contributed by atoms with Gasteiger partial charge < -0.3 is 10.2 Å². The van der Waals surface area contributed by atoms with Gasteiger partial charge in [-0.05, 0) is 12.1 Å². The first-order chi connectivity index (χ1) is 9.58. The van der Waals surface area contributed by atoms with Crippen LogP contribution in [-0.2, 0) is 19.2 Å². The first-order valence-corrected chi connectivity index (χ1v) is 5.98. The molecule has 3 amide bonds. The first-order valence-electron chi connectivity index (χ1n) is 5.98. The van der Waals surface area contributed by atoms with Crippen LogP contribution in [0.1, 0.15) is 23.2 Å². The van der Waals surface area contributed by atoms with Crippen molar-refractivity contribution in [3.8, 4) is 0 Å². The number of rotatable bonds is 4. The Kier molecular flexibility index (Phi) is 4.09. The number of carbonyl (C=O) groups is 4. The van der Waals surface area contributed by atoms with E-state index in [0.717, 1.165) is 0 Å². The van der Waals surface area contributed by atoms with Gasteiger partial charge in [0.2, 0.25) is 0 Å². The minimum Gasteiger partial charge on any atom is -0.341 e. The van der Waals surface area contributed by atoms with Crippen LogP contribution >= 0.6 is 0 Å². The van der Waals surface area contributed by atoms with E-state index in [-0.39, 0.29) is 12.8 Å². The topological polar surface area (TPSA) is 92.8 Å². The van der Waals surface area contributed by atoms with Crippen molar-refractivity contribution in [3.63, 3.8) is 0 Å². The number of carbonyl (C=O) groups excluding carboxylic acids is 4. The zero-order valence-electron chi connectivity index (χ0n) is 10.5. The summed E-state index contributed by atoms with van der Waals surface area (Å²) in [6, 6.07) is 8.32. The molecule has 1 N–H and O–H groups in total. The molecule has 1 saturated heterocycles. The summed E-state index contributed by atoms with van der Waals surface area (Å²) in [5, 5.41) is 2.78. The van der Waals surface area contributed by atoms with Crippen LogP contribution in [0.15, 0.2) is 30.3 Å². The maximum Gasteiger partial charge on any atom is 0.352 e. The van der Waals surface area contributed by atoms with Crippen molar-refractivity contribution in [2.24, 2.45) is 0 Å². The van der Waals surface area contributed by atoms with Gasteiger partial charge in [0.1, 0.15) is 6.54 Å². The molecule has 7 heteroatoms. The summed E-state index contributed by atoms with van der Waals surface area (Å²) in [5.41, 5.74) is 0.397. The molecular formula is C13H12N2O5. The summed E-state index contributed by atoms with van der Waals surface area (Å²) in [4.78, 5) is 50.1. The SMILES string of the molecule is O=C(CNC(=O)c1ccccc1)ON1C(=O)CCC1=O. The van der Waals surface area contributed by atoms with Gasteiger partial charge in [0, 0.05) is 18.4 Å². The summed E-state index contributed by atoms with van der Waals surface area (Å²) in [6.07, 6.45) is 0.0605. The normalized spacial score (nSPS) is 14.3. The molecular weight excluding hydrogens is 264 g/mol. The largest absolute Gasteiger partial charge is 0.352 e. The van der Waals surface area contributed by atoms with Gasteiger partial charge >= 0.3 is 5.97 Å². The summed E-state index contributed by atoms with van der Waals surface area (Å²) in [6.45, 7) is -0.426. The molecule has 104 valence electrons. The Morgan fingerprint density at radius 3 is 2.30 bits per heavy atom. The molecule has 0 atom stereocenters. The lowest BCUT2D eigenvalue weighted by Crippen LogP contribution is -2.37. The molecule has 0 radical (unpaired) electrons. The minimum absolute atomic E-state index is 0.0302. The van der Waals surface area contributed by atoms with Crippen molar-refractivity contribution in [1.82, 2.24) is 10.4 Å². The number of nitrogens with one attached hydrogen (secondary N) is 1. The summed E-state index contributed by atoms with van der Waals surface area (Å²) in [5.74, 6) is -2.44. The quantitative estimate of drug-likeness (QED) is 0.783. The van der Waals surface area contributed by atoms with Crippen LogP contribution in [0.4, 0.5) is 0 Å². The van der Waals surface area contributed by atoms with Gasteiger partial charge in [-0.15, -0.1) is 5.06 Å². The lowest BCUT2D eigenvalue weighted by atomic mass is 10.2. The highest BCUT2D eigenvalue weighted by Gasteiger charge is 2.32. The van der Waals surface area contributed by atoms with Gasteiger partial charge in [-0.1, -0.05) is 18.2 Å². The Hall–Kier alpha value is -2.70. The molecule has 1 aliphatic heterocycles. The second-order valence-electron chi connectivity index (χ2n) is 4.09. The summed E-state index contributed by atoms with van der Waals surface area (Å²) in [7, 11) is 0. The number of nitrogens with zero attached hydrogens (tertiary/aromatic N) is 1. The third-order valence-corrected chi connectivity index (χ3v) is 2.63. The maximum atomic E-state index is 11.6. The van der Waals surface area contributed by atoms with Gasteiger partial charge in [-0.2, -0.15) is 0 Å². The molecule has 1 aromatic carbocycles. The number of amides is 3. The van der Waals surface area contributed by atoms with Crippen LogP contribution in [0, 0.1) is 0 Å². The maximum absolute atomic E-state index is 11.6. The van der Waals surface area contributed by atoms with E-state index < -0.39 is 30.2 Å². The zero-order chi connectivity index (χ0) is 14.5. The molecule has 0 saturated carbocycles. The van der Waals surface area contributed by atoms with Crippen LogP contribution < -0.4 is 5.32 Å². The molecule has 0 unspecified atom stereocenters. The van der Waals surface area contributed by atoms with Gasteiger partial charge in [-0.25, -0.2) is 4.79 Å². The van der Waals surface area contributed by atoms with E-state index in [2.05, 4.69) is 10.2 Å². The van der Waals surface area contributed by atoms with E-state index in [9.17, 15) is 19.2 Å². The Labute approximate surface area is 114 Å². The lowest BCUT2D eigenvalue weighted by Gasteiger charge is -2.12. The number of hydroxylamine groups is 2. The summed E-state index contributed by atoms with van der Waals surface area (Å²) < 4.78 is 0.